The predicted octanol–water partition coefficient (Wildman–Crippen LogP) is 10.6. The van der Waals surface area contributed by atoms with Crippen LogP contribution in [0, 0.1) is 13.8 Å². The highest BCUT2D eigenvalue weighted by Crippen LogP contribution is 2.50. The predicted molar refractivity (Wildman–Crippen MR) is 146 cm³/mol. The molecule has 0 aliphatic heterocycles. The van der Waals surface area contributed by atoms with Crippen molar-refractivity contribution in [3.8, 4) is 22.3 Å². The van der Waals surface area contributed by atoms with Crippen LogP contribution >= 0.6 is 56.7 Å². The maximum absolute atomic E-state index is 2.44. The minimum absolute atomic E-state index is 1.38. The van der Waals surface area contributed by atoms with E-state index in [1.54, 1.807) is 0 Å². The lowest BCUT2D eigenvalue weighted by atomic mass is 9.98. The van der Waals surface area contributed by atoms with Crippen molar-refractivity contribution in [2.75, 3.05) is 0 Å². The molecular weight excluding hydrogens is 473 g/mol. The van der Waals surface area contributed by atoms with Crippen LogP contribution in [0.15, 0.2) is 57.9 Å². The summed E-state index contributed by atoms with van der Waals surface area (Å²) in [4.78, 5) is 2.78. The normalized spacial score (nSPS) is 12.2. The van der Waals surface area contributed by atoms with Crippen LogP contribution < -0.4 is 0 Å². The number of aryl methyl sites for hydroxylation is 2. The molecule has 0 nitrogen and oxygen atoms in total. The molecule has 7 rings (SSSR count). The van der Waals surface area contributed by atoms with E-state index in [4.69, 9.17) is 0 Å². The van der Waals surface area contributed by atoms with Gasteiger partial charge in [-0.05, 0) is 94.0 Å². The molecule has 150 valence electrons. The fraction of sp³-hybridized carbons (Fsp3) is 0.0769. The van der Waals surface area contributed by atoms with Gasteiger partial charge >= 0.3 is 0 Å². The van der Waals surface area contributed by atoms with E-state index in [0.29, 0.717) is 0 Å². The van der Waals surface area contributed by atoms with E-state index in [2.05, 4.69) is 71.8 Å². The Bertz CT molecular complexity index is 1630. The van der Waals surface area contributed by atoms with Crippen LogP contribution in [0.3, 0.4) is 0 Å². The molecule has 31 heavy (non-hydrogen) atoms. The van der Waals surface area contributed by atoms with Crippen LogP contribution in [0.25, 0.3) is 62.6 Å². The second kappa shape index (κ2) is 6.74. The van der Waals surface area contributed by atoms with Crippen LogP contribution in [0.1, 0.15) is 9.75 Å². The third kappa shape index (κ3) is 2.55. The van der Waals surface area contributed by atoms with Crippen molar-refractivity contribution in [3.63, 3.8) is 0 Å². The molecule has 0 saturated heterocycles. The highest BCUT2D eigenvalue weighted by atomic mass is 32.1. The maximum Gasteiger partial charge on any atom is 0.0442 e. The second-order valence-electron chi connectivity index (χ2n) is 7.80. The molecule has 2 aromatic carbocycles. The standard InChI is InChI=1S/C26H16S5/c1-13-15(3-7-27-13)19-11-21-23(25-17(19)5-9-29-25)24-22(31-21)12-20(16-4-8-28-14(16)2)18-6-10-30-26(18)24/h3-12H,1-2H3. The van der Waals surface area contributed by atoms with E-state index < -0.39 is 0 Å². The molecule has 0 N–H and O–H groups in total. The van der Waals surface area contributed by atoms with Gasteiger partial charge in [-0.2, -0.15) is 0 Å². The average Bonchev–Trinajstić information content (AvgIpc) is 3.55. The SMILES string of the molecule is Cc1sccc1-c1cc2sc3cc(-c4ccsc4C)c4ccsc4c3c2c2sccc12. The molecular formula is C26H16S5. The van der Waals surface area contributed by atoms with Crippen LogP contribution in [0.5, 0.6) is 0 Å². The van der Waals surface area contributed by atoms with Gasteiger partial charge in [0.2, 0.25) is 0 Å². The molecule has 0 radical (unpaired) electrons. The van der Waals surface area contributed by atoms with Crippen molar-refractivity contribution < 1.29 is 0 Å². The van der Waals surface area contributed by atoms with Crippen molar-refractivity contribution in [1.29, 1.82) is 0 Å². The first-order valence-corrected chi connectivity index (χ1v) is 14.4. The van der Waals surface area contributed by atoms with E-state index in [-0.39, 0.29) is 0 Å². The lowest BCUT2D eigenvalue weighted by Gasteiger charge is -2.07. The van der Waals surface area contributed by atoms with Gasteiger partial charge in [-0.1, -0.05) is 0 Å². The monoisotopic (exact) mass is 488 g/mol. The van der Waals surface area contributed by atoms with Gasteiger partial charge in [0.25, 0.3) is 0 Å². The minimum atomic E-state index is 1.38. The van der Waals surface area contributed by atoms with E-state index >= 15 is 0 Å². The smallest absolute Gasteiger partial charge is 0.0442 e. The topological polar surface area (TPSA) is 0 Å². The van der Waals surface area contributed by atoms with Crippen LogP contribution in [0.2, 0.25) is 0 Å². The number of benzene rings is 2. The number of rotatable bonds is 2. The Morgan fingerprint density at radius 3 is 1.39 bits per heavy atom. The zero-order chi connectivity index (χ0) is 20.7. The summed E-state index contributed by atoms with van der Waals surface area (Å²) in [7, 11) is 0. The Hall–Kier alpha value is -2.02. The highest BCUT2D eigenvalue weighted by Gasteiger charge is 2.20. The summed E-state index contributed by atoms with van der Waals surface area (Å²) in [5.41, 5.74) is 5.52. The van der Waals surface area contributed by atoms with Crippen molar-refractivity contribution in [2.24, 2.45) is 0 Å². The van der Waals surface area contributed by atoms with Crippen LogP contribution in [-0.4, -0.2) is 0 Å². The summed E-state index contributed by atoms with van der Waals surface area (Å²) in [5, 5.41) is 14.6. The van der Waals surface area contributed by atoms with Crippen molar-refractivity contribution in [2.45, 2.75) is 13.8 Å². The zero-order valence-electron chi connectivity index (χ0n) is 16.8. The summed E-state index contributed by atoms with van der Waals surface area (Å²) < 4.78 is 5.66. The Labute approximate surface area is 199 Å². The van der Waals surface area contributed by atoms with E-state index in [1.165, 1.54) is 72.4 Å². The van der Waals surface area contributed by atoms with Gasteiger partial charge in [0.1, 0.15) is 0 Å². The molecule has 0 amide bonds. The quantitative estimate of drug-likeness (QED) is 0.227. The second-order valence-corrected chi connectivity index (χ2v) is 13.0. The summed E-state index contributed by atoms with van der Waals surface area (Å²) >= 11 is 9.39. The fourth-order valence-electron chi connectivity index (χ4n) is 4.74. The van der Waals surface area contributed by atoms with Gasteiger partial charge < -0.3 is 0 Å². The van der Waals surface area contributed by atoms with Crippen molar-refractivity contribution >= 4 is 97.0 Å². The molecule has 5 heterocycles. The first kappa shape index (κ1) is 18.5. The fourth-order valence-corrected chi connectivity index (χ4v) is 9.45. The number of thiophene rings is 5. The van der Waals surface area contributed by atoms with Gasteiger partial charge in [-0.3, -0.25) is 0 Å². The zero-order valence-corrected chi connectivity index (χ0v) is 20.9. The summed E-state index contributed by atoms with van der Waals surface area (Å²) in [5.74, 6) is 0. The number of hydrogen-bond acceptors (Lipinski definition) is 5. The van der Waals surface area contributed by atoms with Gasteiger partial charge in [0.05, 0.1) is 0 Å². The maximum atomic E-state index is 2.44. The number of fused-ring (bicyclic) bond motifs is 7. The summed E-state index contributed by atoms with van der Waals surface area (Å²) in [6, 6.07) is 14.1. The Morgan fingerprint density at radius 2 is 0.968 bits per heavy atom. The van der Waals surface area contributed by atoms with Crippen LogP contribution in [0.4, 0.5) is 0 Å². The molecule has 0 aliphatic carbocycles. The number of hydrogen-bond donors (Lipinski definition) is 0. The Kier molecular flexibility index (Phi) is 4.03. The molecule has 7 aromatic rings. The molecule has 5 heteroatoms. The third-order valence-electron chi connectivity index (χ3n) is 6.18. The van der Waals surface area contributed by atoms with E-state index in [9.17, 15) is 0 Å². The first-order chi connectivity index (χ1) is 15.2. The molecule has 0 bridgehead atoms. The summed E-state index contributed by atoms with van der Waals surface area (Å²) in [6.45, 7) is 4.47. The molecule has 0 fully saturated rings. The Balaban J connectivity index is 1.66. The average molecular weight is 489 g/mol. The lowest BCUT2D eigenvalue weighted by Crippen LogP contribution is -1.80. The van der Waals surface area contributed by atoms with Crippen molar-refractivity contribution in [1.82, 2.24) is 0 Å². The van der Waals surface area contributed by atoms with Gasteiger partial charge in [0.15, 0.2) is 0 Å². The molecule has 0 spiro atoms. The minimum Gasteiger partial charge on any atom is -0.149 e. The van der Waals surface area contributed by atoms with Gasteiger partial charge in [-0.15, -0.1) is 56.7 Å². The van der Waals surface area contributed by atoms with Crippen molar-refractivity contribution in [3.05, 3.63) is 67.7 Å². The molecule has 5 aromatic heterocycles. The largest absolute Gasteiger partial charge is 0.149 e. The van der Waals surface area contributed by atoms with E-state index in [1.807, 2.05) is 56.7 Å². The molecule has 0 saturated carbocycles. The van der Waals surface area contributed by atoms with Gasteiger partial charge in [0, 0.05) is 50.1 Å². The molecule has 0 unspecified atom stereocenters. The third-order valence-corrected chi connectivity index (χ3v) is 10.8. The Morgan fingerprint density at radius 1 is 0.516 bits per heavy atom. The van der Waals surface area contributed by atoms with E-state index in [0.717, 1.165) is 0 Å². The van der Waals surface area contributed by atoms with Gasteiger partial charge in [-0.25, -0.2) is 0 Å². The highest BCUT2D eigenvalue weighted by molar-refractivity contribution is 7.28. The lowest BCUT2D eigenvalue weighted by molar-refractivity contribution is 1.62. The molecule has 0 aliphatic rings. The van der Waals surface area contributed by atoms with Crippen LogP contribution in [-0.2, 0) is 0 Å². The first-order valence-electron chi connectivity index (χ1n) is 10.1. The summed E-state index contributed by atoms with van der Waals surface area (Å²) in [6.07, 6.45) is 0. The molecule has 0 atom stereocenters.